The third-order valence-electron chi connectivity index (χ3n) is 6.65. The largest absolute Gasteiger partial charge is 0.497 e. The van der Waals surface area contributed by atoms with Gasteiger partial charge in [-0.25, -0.2) is 0 Å². The van der Waals surface area contributed by atoms with Crippen molar-refractivity contribution in [3.63, 3.8) is 0 Å². The zero-order valence-electron chi connectivity index (χ0n) is 24.7. The number of ether oxygens (including phenoxy) is 2. The van der Waals surface area contributed by atoms with Gasteiger partial charge in [0.2, 0.25) is 5.91 Å². The van der Waals surface area contributed by atoms with E-state index in [1.165, 1.54) is 25.2 Å². The van der Waals surface area contributed by atoms with Crippen LogP contribution in [0.3, 0.4) is 0 Å². The Morgan fingerprint density at radius 1 is 1.00 bits per heavy atom. The summed E-state index contributed by atoms with van der Waals surface area (Å²) in [6.45, 7) is 5.47. The van der Waals surface area contributed by atoms with E-state index in [1.807, 2.05) is 60.7 Å². The summed E-state index contributed by atoms with van der Waals surface area (Å²) in [7, 11) is 3.02. The van der Waals surface area contributed by atoms with Crippen LogP contribution < -0.4 is 14.8 Å². The Balaban J connectivity index is 1.64. The van der Waals surface area contributed by atoms with Crippen molar-refractivity contribution < 1.29 is 23.9 Å². The fraction of sp³-hybridized carbons (Fsp3) is 0.143. The van der Waals surface area contributed by atoms with Crippen LogP contribution in [-0.2, 0) is 14.4 Å². The average Bonchev–Trinajstić information content (AvgIpc) is 3.06. The topological polar surface area (TPSA) is 97.3 Å². The normalized spacial score (nSPS) is 14.6. The summed E-state index contributed by atoms with van der Waals surface area (Å²) < 4.78 is 10.7. The predicted octanol–water partition coefficient (Wildman–Crippen LogP) is 6.10. The number of allylic oxidation sites excluding steroid dienone is 4. The summed E-state index contributed by atoms with van der Waals surface area (Å²) >= 11 is 1.00. The van der Waals surface area contributed by atoms with Gasteiger partial charge in [-0.1, -0.05) is 97.2 Å². The van der Waals surface area contributed by atoms with Gasteiger partial charge in [0.1, 0.15) is 17.1 Å². The second kappa shape index (κ2) is 15.4. The van der Waals surface area contributed by atoms with E-state index in [1.54, 1.807) is 49.4 Å². The Labute approximate surface area is 261 Å². The molecule has 1 aliphatic heterocycles. The zero-order valence-corrected chi connectivity index (χ0v) is 25.5. The Morgan fingerprint density at radius 3 is 2.23 bits per heavy atom. The molecule has 3 aromatic rings. The number of aliphatic imine (C=N–C) groups is 1. The molecule has 3 aromatic carbocycles. The number of thioether (sulfide) groups is 1. The Kier molecular flexibility index (Phi) is 11.1. The van der Waals surface area contributed by atoms with Crippen LogP contribution >= 0.6 is 11.8 Å². The van der Waals surface area contributed by atoms with Crippen molar-refractivity contribution in [3.05, 3.63) is 138 Å². The molecule has 1 heterocycles. The van der Waals surface area contributed by atoms with Crippen LogP contribution in [0, 0.1) is 0 Å². The van der Waals surface area contributed by atoms with Crippen LogP contribution in [0.5, 0.6) is 11.5 Å². The summed E-state index contributed by atoms with van der Waals surface area (Å²) in [5, 5.41) is 3.18. The highest BCUT2D eigenvalue weighted by Gasteiger charge is 2.35. The van der Waals surface area contributed by atoms with Crippen LogP contribution in [0.15, 0.2) is 126 Å². The van der Waals surface area contributed by atoms with Crippen molar-refractivity contribution >= 4 is 40.7 Å². The van der Waals surface area contributed by atoms with E-state index in [-0.39, 0.29) is 28.4 Å². The lowest BCUT2D eigenvalue weighted by Crippen LogP contribution is -2.42. The lowest BCUT2D eigenvalue weighted by atomic mass is 9.99. The first kappa shape index (κ1) is 31.8. The number of amidine groups is 1. The van der Waals surface area contributed by atoms with Crippen molar-refractivity contribution in [1.82, 2.24) is 10.2 Å². The van der Waals surface area contributed by atoms with Gasteiger partial charge < -0.3 is 14.8 Å². The molecule has 0 atom stereocenters. The van der Waals surface area contributed by atoms with Gasteiger partial charge in [0.15, 0.2) is 5.17 Å². The van der Waals surface area contributed by atoms with Crippen LogP contribution in [0.4, 0.5) is 0 Å². The molecule has 0 fully saturated rings. The number of rotatable bonds is 11. The lowest BCUT2D eigenvalue weighted by molar-refractivity contribution is -0.126. The SMILES string of the molecule is C=C/C=C\C(=C/C)N1C(=O)/C(=C/c2ccc(OC)cc2OC)C(=O)N=C1SCC(=O)NC(c1ccccc1)c1ccccc1. The van der Waals surface area contributed by atoms with Crippen molar-refractivity contribution in [2.75, 3.05) is 20.0 Å². The highest BCUT2D eigenvalue weighted by molar-refractivity contribution is 8.14. The summed E-state index contributed by atoms with van der Waals surface area (Å²) in [6, 6.07) is 24.0. The monoisotopic (exact) mass is 607 g/mol. The van der Waals surface area contributed by atoms with Gasteiger partial charge >= 0.3 is 0 Å². The van der Waals surface area contributed by atoms with Gasteiger partial charge in [0.25, 0.3) is 11.8 Å². The predicted molar refractivity (Wildman–Crippen MR) is 175 cm³/mol. The minimum Gasteiger partial charge on any atom is -0.497 e. The molecule has 0 saturated carbocycles. The molecule has 0 saturated heterocycles. The zero-order chi connectivity index (χ0) is 31.5. The quantitative estimate of drug-likeness (QED) is 0.161. The first-order valence-electron chi connectivity index (χ1n) is 13.8. The highest BCUT2D eigenvalue weighted by atomic mass is 32.2. The van der Waals surface area contributed by atoms with Crippen LogP contribution in [-0.4, -0.2) is 47.8 Å². The first-order chi connectivity index (χ1) is 21.4. The lowest BCUT2D eigenvalue weighted by Gasteiger charge is -2.28. The van der Waals surface area contributed by atoms with Gasteiger partial charge in [-0.15, -0.1) is 0 Å². The van der Waals surface area contributed by atoms with E-state index >= 15 is 0 Å². The number of hydrogen-bond acceptors (Lipinski definition) is 6. The molecular weight excluding hydrogens is 574 g/mol. The molecule has 0 aromatic heterocycles. The Morgan fingerprint density at radius 2 is 1.66 bits per heavy atom. The van der Waals surface area contributed by atoms with Gasteiger partial charge in [0.05, 0.1) is 26.0 Å². The molecule has 0 unspecified atom stereocenters. The maximum Gasteiger partial charge on any atom is 0.285 e. The van der Waals surface area contributed by atoms with Crippen LogP contribution in [0.25, 0.3) is 6.08 Å². The molecule has 0 spiro atoms. The van der Waals surface area contributed by atoms with E-state index < -0.39 is 11.8 Å². The van der Waals surface area contributed by atoms with E-state index in [4.69, 9.17) is 9.47 Å². The summed E-state index contributed by atoms with van der Waals surface area (Å²) in [5.41, 5.74) is 2.67. The number of benzene rings is 3. The number of carbonyl (C=O) groups is 3. The smallest absolute Gasteiger partial charge is 0.285 e. The summed E-state index contributed by atoms with van der Waals surface area (Å²) in [5.74, 6) is -0.688. The molecular formula is C35H33N3O5S. The standard InChI is InChI=1S/C35H33N3O5S/c1-5-7-18-27(6-2)38-34(41)29(21-26-19-20-28(42-3)22-30(26)43-4)33(40)37-35(38)44-23-31(39)36-32(24-14-10-8-11-15-24)25-16-12-9-13-17-25/h5-22,32H,1,23H2,2-4H3,(H,36,39)/b18-7-,27-6+,29-21+. The molecule has 9 heteroatoms. The summed E-state index contributed by atoms with van der Waals surface area (Å²) in [6.07, 6.45) is 8.10. The third kappa shape index (κ3) is 7.62. The Hall–Kier alpha value is -5.15. The maximum absolute atomic E-state index is 13.9. The molecule has 1 N–H and O–H groups in total. The fourth-order valence-electron chi connectivity index (χ4n) is 4.49. The van der Waals surface area contributed by atoms with Crippen molar-refractivity contribution in [3.8, 4) is 11.5 Å². The minimum atomic E-state index is -0.721. The summed E-state index contributed by atoms with van der Waals surface area (Å²) in [4.78, 5) is 46.1. The number of nitrogens with one attached hydrogen (secondary N) is 1. The third-order valence-corrected chi connectivity index (χ3v) is 7.59. The molecule has 8 nitrogen and oxygen atoms in total. The van der Waals surface area contributed by atoms with Crippen molar-refractivity contribution in [2.24, 2.45) is 4.99 Å². The second-order valence-corrected chi connectivity index (χ2v) is 10.4. The number of methoxy groups -OCH3 is 2. The molecule has 44 heavy (non-hydrogen) atoms. The number of hydrogen-bond donors (Lipinski definition) is 1. The van der Waals surface area contributed by atoms with Crippen molar-refractivity contribution in [1.29, 1.82) is 0 Å². The molecule has 3 amide bonds. The molecule has 224 valence electrons. The van der Waals surface area contributed by atoms with E-state index in [2.05, 4.69) is 16.9 Å². The minimum absolute atomic E-state index is 0.0838. The molecule has 0 bridgehead atoms. The number of carbonyl (C=O) groups excluding carboxylic acids is 3. The van der Waals surface area contributed by atoms with Gasteiger partial charge in [-0.3, -0.25) is 19.3 Å². The average molecular weight is 608 g/mol. The molecule has 0 radical (unpaired) electrons. The molecule has 0 aliphatic carbocycles. The molecule has 4 rings (SSSR count). The first-order valence-corrected chi connectivity index (χ1v) is 14.8. The van der Waals surface area contributed by atoms with Gasteiger partial charge in [-0.2, -0.15) is 4.99 Å². The van der Waals surface area contributed by atoms with Crippen LogP contribution in [0.1, 0.15) is 29.7 Å². The number of amides is 3. The maximum atomic E-state index is 13.9. The van der Waals surface area contributed by atoms with Gasteiger partial charge in [-0.05, 0) is 42.3 Å². The molecule has 1 aliphatic rings. The Bertz CT molecular complexity index is 1610. The highest BCUT2D eigenvalue weighted by Crippen LogP contribution is 2.30. The second-order valence-electron chi connectivity index (χ2n) is 9.42. The van der Waals surface area contributed by atoms with E-state index in [0.717, 1.165) is 22.9 Å². The van der Waals surface area contributed by atoms with Crippen molar-refractivity contribution in [2.45, 2.75) is 13.0 Å². The van der Waals surface area contributed by atoms with Crippen LogP contribution in [0.2, 0.25) is 0 Å². The number of nitrogens with zero attached hydrogens (tertiary/aromatic N) is 2. The fourth-order valence-corrected chi connectivity index (χ4v) is 5.29. The van der Waals surface area contributed by atoms with E-state index in [0.29, 0.717) is 22.8 Å². The van der Waals surface area contributed by atoms with E-state index in [9.17, 15) is 14.4 Å². The van der Waals surface area contributed by atoms with Gasteiger partial charge in [0, 0.05) is 17.3 Å².